The number of carbonyl (C=O) groups is 1. The van der Waals surface area contributed by atoms with Crippen LogP contribution in [0, 0.1) is 18.3 Å². The van der Waals surface area contributed by atoms with E-state index in [0.717, 1.165) is 0 Å². The molecule has 1 fully saturated rings. The van der Waals surface area contributed by atoms with E-state index >= 15 is 0 Å². The maximum atomic E-state index is 10.7. The number of anilines is 1. The molecule has 1 aliphatic heterocycles. The van der Waals surface area contributed by atoms with Gasteiger partial charge in [-0.1, -0.05) is 0 Å². The number of amides is 1. The first-order valence-electron chi connectivity index (χ1n) is 5.22. The minimum atomic E-state index is -0.918. The van der Waals surface area contributed by atoms with E-state index in [0.29, 0.717) is 38.0 Å². The SMILES string of the molecule is Cc1nc(C#N)c(N2CCN(C(=O)O)CC2)o1. The first-order valence-corrected chi connectivity index (χ1v) is 5.22. The van der Waals surface area contributed by atoms with Crippen molar-refractivity contribution >= 4 is 12.0 Å². The zero-order valence-electron chi connectivity index (χ0n) is 9.38. The largest absolute Gasteiger partial charge is 0.465 e. The molecule has 0 aliphatic carbocycles. The molecule has 0 saturated carbocycles. The van der Waals surface area contributed by atoms with Crippen molar-refractivity contribution in [2.75, 3.05) is 31.1 Å². The molecule has 90 valence electrons. The topological polar surface area (TPSA) is 93.6 Å². The summed E-state index contributed by atoms with van der Waals surface area (Å²) in [5.74, 6) is 0.882. The molecular weight excluding hydrogens is 224 g/mol. The van der Waals surface area contributed by atoms with E-state index in [1.54, 1.807) is 6.92 Å². The van der Waals surface area contributed by atoms with Gasteiger partial charge in [0.25, 0.3) is 0 Å². The van der Waals surface area contributed by atoms with Gasteiger partial charge < -0.3 is 19.3 Å². The molecule has 0 bridgehead atoms. The summed E-state index contributed by atoms with van der Waals surface area (Å²) >= 11 is 0. The van der Waals surface area contributed by atoms with Crippen LogP contribution in [0.4, 0.5) is 10.7 Å². The fourth-order valence-corrected chi connectivity index (χ4v) is 1.80. The molecular formula is C10H12N4O3. The molecule has 7 nitrogen and oxygen atoms in total. The Labute approximate surface area is 97.9 Å². The molecule has 1 aromatic heterocycles. The number of aromatic nitrogens is 1. The third kappa shape index (κ3) is 2.15. The number of nitrogens with zero attached hydrogens (tertiary/aromatic N) is 4. The number of piperazine rings is 1. The zero-order chi connectivity index (χ0) is 12.4. The normalized spacial score (nSPS) is 15.8. The van der Waals surface area contributed by atoms with Crippen LogP contribution in [0.15, 0.2) is 4.42 Å². The molecule has 2 rings (SSSR count). The minimum Gasteiger partial charge on any atom is -0.465 e. The summed E-state index contributed by atoms with van der Waals surface area (Å²) in [4.78, 5) is 17.9. The van der Waals surface area contributed by atoms with Crippen molar-refractivity contribution in [2.24, 2.45) is 0 Å². The lowest BCUT2D eigenvalue weighted by atomic mass is 10.3. The van der Waals surface area contributed by atoms with Gasteiger partial charge in [-0.2, -0.15) is 5.26 Å². The summed E-state index contributed by atoms with van der Waals surface area (Å²) in [6.45, 7) is 3.50. The predicted octanol–water partition coefficient (Wildman–Crippen LogP) is 0.655. The second-order valence-corrected chi connectivity index (χ2v) is 3.76. The number of rotatable bonds is 1. The number of hydrogen-bond acceptors (Lipinski definition) is 5. The van der Waals surface area contributed by atoms with E-state index in [1.165, 1.54) is 4.90 Å². The Hall–Kier alpha value is -2.23. The van der Waals surface area contributed by atoms with Gasteiger partial charge in [-0.3, -0.25) is 0 Å². The molecule has 17 heavy (non-hydrogen) atoms. The third-order valence-corrected chi connectivity index (χ3v) is 2.66. The first kappa shape index (κ1) is 11.3. The molecule has 2 heterocycles. The van der Waals surface area contributed by atoms with Crippen molar-refractivity contribution in [3.63, 3.8) is 0 Å². The van der Waals surface area contributed by atoms with Crippen LogP contribution in [0.25, 0.3) is 0 Å². The van der Waals surface area contributed by atoms with Crippen LogP contribution in [0.5, 0.6) is 0 Å². The Morgan fingerprint density at radius 2 is 2.12 bits per heavy atom. The average Bonchev–Trinajstić information content (AvgIpc) is 2.70. The molecule has 0 unspecified atom stereocenters. The Morgan fingerprint density at radius 3 is 2.65 bits per heavy atom. The molecule has 0 spiro atoms. The lowest BCUT2D eigenvalue weighted by molar-refractivity contribution is 0.142. The second kappa shape index (κ2) is 4.33. The molecule has 1 saturated heterocycles. The minimum absolute atomic E-state index is 0.256. The van der Waals surface area contributed by atoms with Gasteiger partial charge >= 0.3 is 6.09 Å². The first-order chi connectivity index (χ1) is 8.11. The maximum absolute atomic E-state index is 10.7. The van der Waals surface area contributed by atoms with Gasteiger partial charge in [-0.15, -0.1) is 0 Å². The number of aryl methyl sites for hydroxylation is 1. The highest BCUT2D eigenvalue weighted by molar-refractivity contribution is 5.65. The van der Waals surface area contributed by atoms with Gasteiger partial charge in [0, 0.05) is 33.1 Å². The highest BCUT2D eigenvalue weighted by Gasteiger charge is 2.25. The number of hydrogen-bond donors (Lipinski definition) is 1. The predicted molar refractivity (Wildman–Crippen MR) is 57.8 cm³/mol. The highest BCUT2D eigenvalue weighted by atomic mass is 16.4. The molecule has 1 amide bonds. The summed E-state index contributed by atoms with van der Waals surface area (Å²) in [6, 6.07) is 1.97. The van der Waals surface area contributed by atoms with Crippen LogP contribution in [0.3, 0.4) is 0 Å². The van der Waals surface area contributed by atoms with Crippen molar-refractivity contribution in [1.29, 1.82) is 5.26 Å². The molecule has 1 aliphatic rings. The molecule has 0 atom stereocenters. The zero-order valence-corrected chi connectivity index (χ0v) is 9.38. The summed E-state index contributed by atoms with van der Waals surface area (Å²) in [6.07, 6.45) is -0.918. The number of nitriles is 1. The van der Waals surface area contributed by atoms with E-state index in [4.69, 9.17) is 14.8 Å². The second-order valence-electron chi connectivity index (χ2n) is 3.76. The van der Waals surface area contributed by atoms with Gasteiger partial charge in [0.15, 0.2) is 5.89 Å². The Morgan fingerprint density at radius 1 is 1.47 bits per heavy atom. The van der Waals surface area contributed by atoms with E-state index in [2.05, 4.69) is 4.98 Å². The third-order valence-electron chi connectivity index (χ3n) is 2.66. The fraction of sp³-hybridized carbons (Fsp3) is 0.500. The lowest BCUT2D eigenvalue weighted by Gasteiger charge is -2.32. The van der Waals surface area contributed by atoms with Crippen LogP contribution in [0.1, 0.15) is 11.6 Å². The summed E-state index contributed by atoms with van der Waals surface area (Å²) in [5, 5.41) is 17.7. The molecule has 0 radical (unpaired) electrons. The monoisotopic (exact) mass is 236 g/mol. The molecule has 1 aromatic rings. The van der Waals surface area contributed by atoms with Crippen LogP contribution in [-0.2, 0) is 0 Å². The Bertz CT molecular complexity index is 468. The van der Waals surface area contributed by atoms with Crippen LogP contribution >= 0.6 is 0 Å². The maximum Gasteiger partial charge on any atom is 0.407 e. The standard InChI is InChI=1S/C10H12N4O3/c1-7-12-8(6-11)9(17-7)13-2-4-14(5-3-13)10(15)16/h2-5H2,1H3,(H,15,16). The van der Waals surface area contributed by atoms with Crippen LogP contribution in [0.2, 0.25) is 0 Å². The molecule has 7 heteroatoms. The number of oxazole rings is 1. The van der Waals surface area contributed by atoms with E-state index in [9.17, 15) is 4.79 Å². The Balaban J connectivity index is 2.10. The Kier molecular flexibility index (Phi) is 2.87. The smallest absolute Gasteiger partial charge is 0.407 e. The van der Waals surface area contributed by atoms with Crippen molar-refractivity contribution in [1.82, 2.24) is 9.88 Å². The van der Waals surface area contributed by atoms with Crippen LogP contribution < -0.4 is 4.90 Å². The van der Waals surface area contributed by atoms with Gasteiger partial charge in [-0.25, -0.2) is 9.78 Å². The van der Waals surface area contributed by atoms with E-state index in [-0.39, 0.29) is 5.69 Å². The summed E-state index contributed by atoms with van der Waals surface area (Å²) in [7, 11) is 0. The lowest BCUT2D eigenvalue weighted by Crippen LogP contribution is -2.48. The van der Waals surface area contributed by atoms with Gasteiger partial charge in [0.1, 0.15) is 6.07 Å². The number of carboxylic acid groups (broad SMARTS) is 1. The van der Waals surface area contributed by atoms with Crippen molar-refractivity contribution < 1.29 is 14.3 Å². The van der Waals surface area contributed by atoms with Gasteiger partial charge in [-0.05, 0) is 0 Å². The van der Waals surface area contributed by atoms with E-state index < -0.39 is 6.09 Å². The van der Waals surface area contributed by atoms with Gasteiger partial charge in [0.2, 0.25) is 11.6 Å². The average molecular weight is 236 g/mol. The quantitative estimate of drug-likeness (QED) is 0.769. The fourth-order valence-electron chi connectivity index (χ4n) is 1.80. The summed E-state index contributed by atoms with van der Waals surface area (Å²) in [5.41, 5.74) is 0.256. The van der Waals surface area contributed by atoms with E-state index in [1.807, 2.05) is 11.0 Å². The summed E-state index contributed by atoms with van der Waals surface area (Å²) < 4.78 is 5.37. The molecule has 0 aromatic carbocycles. The highest BCUT2D eigenvalue weighted by Crippen LogP contribution is 2.22. The van der Waals surface area contributed by atoms with Crippen molar-refractivity contribution in [3.8, 4) is 6.07 Å². The molecule has 1 N–H and O–H groups in total. The van der Waals surface area contributed by atoms with Gasteiger partial charge in [0.05, 0.1) is 0 Å². The van der Waals surface area contributed by atoms with Crippen molar-refractivity contribution in [2.45, 2.75) is 6.92 Å². The van der Waals surface area contributed by atoms with Crippen molar-refractivity contribution in [3.05, 3.63) is 11.6 Å². The van der Waals surface area contributed by atoms with Crippen LogP contribution in [-0.4, -0.2) is 47.3 Å².